The molecule has 90 valence electrons. The van der Waals surface area contributed by atoms with Gasteiger partial charge in [-0.05, 0) is 49.4 Å². The number of rotatable bonds is 1. The smallest absolute Gasteiger partial charge is 0.155 e. The molecule has 0 spiro atoms. The standard InChI is InChI=1S/C14H21BrO/c1-8(2)9-4-6-13(3)10-5-7-14(15,11(9)10)12(13)16/h8-11H,4-7H2,1-3H3/t9-,10+,11+,13-,14+/m1/s1. The minimum Gasteiger partial charge on any atom is -0.297 e. The molecule has 3 aliphatic carbocycles. The van der Waals surface area contributed by atoms with Crippen molar-refractivity contribution in [1.29, 1.82) is 0 Å². The van der Waals surface area contributed by atoms with Crippen LogP contribution in [-0.2, 0) is 4.79 Å². The fourth-order valence-electron chi connectivity index (χ4n) is 4.98. The molecule has 2 heteroatoms. The number of hydrogen-bond acceptors (Lipinski definition) is 1. The SMILES string of the molecule is CC(C)[C@H]1CC[C@@]2(C)C(=O)[C@]3(Br)CC[C@H]2[C@H]13. The molecule has 3 saturated carbocycles. The van der Waals surface area contributed by atoms with Crippen LogP contribution in [0.15, 0.2) is 0 Å². The van der Waals surface area contributed by atoms with Gasteiger partial charge in [-0.2, -0.15) is 0 Å². The number of Topliss-reactive ketones (excluding diaryl/α,β-unsaturated/α-hetero) is 1. The van der Waals surface area contributed by atoms with Gasteiger partial charge in [0.2, 0.25) is 0 Å². The minimum absolute atomic E-state index is 0.0117. The third-order valence-corrected chi connectivity index (χ3v) is 7.10. The van der Waals surface area contributed by atoms with E-state index in [9.17, 15) is 4.79 Å². The van der Waals surface area contributed by atoms with Gasteiger partial charge in [0.15, 0.2) is 5.78 Å². The topological polar surface area (TPSA) is 17.1 Å². The highest BCUT2D eigenvalue weighted by Gasteiger charge is 2.71. The maximum Gasteiger partial charge on any atom is 0.155 e. The first-order valence-electron chi connectivity index (χ1n) is 6.65. The predicted octanol–water partition coefficient (Wildman–Crippen LogP) is 3.80. The Morgan fingerprint density at radius 2 is 2.00 bits per heavy atom. The van der Waals surface area contributed by atoms with E-state index in [0.717, 1.165) is 24.7 Å². The second-order valence-electron chi connectivity index (χ2n) is 6.73. The molecule has 3 rings (SSSR count). The lowest BCUT2D eigenvalue weighted by molar-refractivity contribution is -0.130. The van der Waals surface area contributed by atoms with Crippen LogP contribution < -0.4 is 0 Å². The van der Waals surface area contributed by atoms with E-state index in [1.165, 1.54) is 12.8 Å². The second-order valence-corrected chi connectivity index (χ2v) is 8.14. The van der Waals surface area contributed by atoms with E-state index in [-0.39, 0.29) is 9.74 Å². The summed E-state index contributed by atoms with van der Waals surface area (Å²) in [4.78, 5) is 12.6. The van der Waals surface area contributed by atoms with Crippen LogP contribution in [-0.4, -0.2) is 10.1 Å². The Morgan fingerprint density at radius 3 is 2.62 bits per heavy atom. The molecule has 5 atom stereocenters. The van der Waals surface area contributed by atoms with Crippen LogP contribution in [0.3, 0.4) is 0 Å². The van der Waals surface area contributed by atoms with Crippen molar-refractivity contribution in [2.24, 2.45) is 29.1 Å². The lowest BCUT2D eigenvalue weighted by Crippen LogP contribution is -2.39. The summed E-state index contributed by atoms with van der Waals surface area (Å²) in [7, 11) is 0. The summed E-state index contributed by atoms with van der Waals surface area (Å²) in [5.74, 6) is 3.30. The molecule has 0 saturated heterocycles. The molecule has 4 bridgehead atoms. The number of carbonyl (C=O) groups excluding carboxylic acids is 1. The molecule has 0 amide bonds. The first-order chi connectivity index (χ1) is 7.41. The average Bonchev–Trinajstić information content (AvgIpc) is 2.61. The number of alkyl halides is 1. The summed E-state index contributed by atoms with van der Waals surface area (Å²) >= 11 is 3.85. The second kappa shape index (κ2) is 3.13. The van der Waals surface area contributed by atoms with Gasteiger partial charge >= 0.3 is 0 Å². The van der Waals surface area contributed by atoms with Crippen molar-refractivity contribution >= 4 is 21.7 Å². The van der Waals surface area contributed by atoms with Gasteiger partial charge in [0.1, 0.15) is 0 Å². The van der Waals surface area contributed by atoms with E-state index < -0.39 is 0 Å². The van der Waals surface area contributed by atoms with Crippen LogP contribution in [0.1, 0.15) is 46.5 Å². The summed E-state index contributed by atoms with van der Waals surface area (Å²) in [6, 6.07) is 0. The third-order valence-electron chi connectivity index (χ3n) is 5.81. The zero-order valence-electron chi connectivity index (χ0n) is 10.4. The van der Waals surface area contributed by atoms with Gasteiger partial charge in [-0.3, -0.25) is 4.79 Å². The lowest BCUT2D eigenvalue weighted by Gasteiger charge is -2.41. The van der Waals surface area contributed by atoms with Crippen LogP contribution in [0.4, 0.5) is 0 Å². The molecular formula is C14H21BrO. The summed E-state index contributed by atoms with van der Waals surface area (Å²) in [5.41, 5.74) is 0.0117. The summed E-state index contributed by atoms with van der Waals surface area (Å²) in [6.07, 6.45) is 4.74. The molecule has 3 aliphatic rings. The Labute approximate surface area is 106 Å². The van der Waals surface area contributed by atoms with Crippen LogP contribution in [0.2, 0.25) is 0 Å². The number of carbonyl (C=O) groups is 1. The first-order valence-corrected chi connectivity index (χ1v) is 7.44. The molecule has 0 unspecified atom stereocenters. The molecular weight excluding hydrogens is 264 g/mol. The molecule has 1 nitrogen and oxygen atoms in total. The third kappa shape index (κ3) is 1.06. The lowest BCUT2D eigenvalue weighted by atomic mass is 9.62. The first kappa shape index (κ1) is 11.3. The van der Waals surface area contributed by atoms with Crippen LogP contribution in [0.25, 0.3) is 0 Å². The van der Waals surface area contributed by atoms with Gasteiger partial charge in [0.05, 0.1) is 4.32 Å². The van der Waals surface area contributed by atoms with Crippen LogP contribution in [0, 0.1) is 29.1 Å². The van der Waals surface area contributed by atoms with Crippen molar-refractivity contribution in [2.45, 2.75) is 50.8 Å². The predicted molar refractivity (Wildman–Crippen MR) is 68.5 cm³/mol. The van der Waals surface area contributed by atoms with Gasteiger partial charge in [0, 0.05) is 5.41 Å². The van der Waals surface area contributed by atoms with Crippen molar-refractivity contribution in [3.05, 3.63) is 0 Å². The van der Waals surface area contributed by atoms with Crippen LogP contribution in [0.5, 0.6) is 0 Å². The summed E-state index contributed by atoms with van der Waals surface area (Å²) in [6.45, 7) is 6.88. The number of halogens is 1. The number of hydrogen-bond donors (Lipinski definition) is 0. The molecule has 3 fully saturated rings. The van der Waals surface area contributed by atoms with Crippen molar-refractivity contribution in [3.8, 4) is 0 Å². The van der Waals surface area contributed by atoms with Crippen molar-refractivity contribution in [1.82, 2.24) is 0 Å². The Kier molecular flexibility index (Phi) is 2.20. The zero-order valence-corrected chi connectivity index (χ0v) is 12.0. The maximum atomic E-state index is 12.6. The fourth-order valence-corrected chi connectivity index (χ4v) is 6.32. The van der Waals surface area contributed by atoms with E-state index in [0.29, 0.717) is 17.6 Å². The molecule has 0 heterocycles. The summed E-state index contributed by atoms with van der Waals surface area (Å²) in [5, 5.41) is 0. The highest BCUT2D eigenvalue weighted by Crippen LogP contribution is 2.70. The van der Waals surface area contributed by atoms with Crippen LogP contribution >= 0.6 is 15.9 Å². The average molecular weight is 285 g/mol. The molecule has 0 aliphatic heterocycles. The Hall–Kier alpha value is 0.150. The Morgan fingerprint density at radius 1 is 1.31 bits per heavy atom. The maximum absolute atomic E-state index is 12.6. The normalized spacial score (nSPS) is 55.1. The van der Waals surface area contributed by atoms with E-state index in [2.05, 4.69) is 36.7 Å². The van der Waals surface area contributed by atoms with Gasteiger partial charge in [-0.25, -0.2) is 0 Å². The van der Waals surface area contributed by atoms with Gasteiger partial charge in [-0.1, -0.05) is 36.7 Å². The molecule has 0 aromatic heterocycles. The van der Waals surface area contributed by atoms with Gasteiger partial charge < -0.3 is 0 Å². The Bertz CT molecular complexity index is 351. The van der Waals surface area contributed by atoms with E-state index >= 15 is 0 Å². The number of ketones is 1. The van der Waals surface area contributed by atoms with Gasteiger partial charge in [-0.15, -0.1) is 0 Å². The minimum atomic E-state index is -0.141. The zero-order chi connectivity index (χ0) is 11.7. The van der Waals surface area contributed by atoms with Crippen molar-refractivity contribution in [2.75, 3.05) is 0 Å². The monoisotopic (exact) mass is 284 g/mol. The fraction of sp³-hybridized carbons (Fsp3) is 0.929. The molecule has 0 N–H and O–H groups in total. The van der Waals surface area contributed by atoms with E-state index in [4.69, 9.17) is 0 Å². The van der Waals surface area contributed by atoms with Crippen molar-refractivity contribution in [3.63, 3.8) is 0 Å². The largest absolute Gasteiger partial charge is 0.297 e. The van der Waals surface area contributed by atoms with Gasteiger partial charge in [0.25, 0.3) is 0 Å². The van der Waals surface area contributed by atoms with E-state index in [1.54, 1.807) is 0 Å². The molecule has 0 aromatic rings. The Balaban J connectivity index is 2.07. The molecule has 0 radical (unpaired) electrons. The highest BCUT2D eigenvalue weighted by atomic mass is 79.9. The summed E-state index contributed by atoms with van der Waals surface area (Å²) < 4.78 is -0.141. The molecule has 16 heavy (non-hydrogen) atoms. The molecule has 0 aromatic carbocycles. The highest BCUT2D eigenvalue weighted by molar-refractivity contribution is 9.10. The van der Waals surface area contributed by atoms with E-state index in [1.807, 2.05) is 0 Å². The van der Waals surface area contributed by atoms with Crippen molar-refractivity contribution < 1.29 is 4.79 Å². The quantitative estimate of drug-likeness (QED) is 0.670.